The van der Waals surface area contributed by atoms with Crippen LogP contribution in [0.1, 0.15) is 78.1 Å². The largest absolute Gasteiger partial charge is 0.371 e. The van der Waals surface area contributed by atoms with Crippen LogP contribution in [0.4, 0.5) is 0 Å². The van der Waals surface area contributed by atoms with E-state index in [0.717, 1.165) is 19.4 Å². The van der Waals surface area contributed by atoms with Crippen molar-refractivity contribution in [2.75, 3.05) is 13.2 Å². The fourth-order valence-corrected chi connectivity index (χ4v) is 4.46. The summed E-state index contributed by atoms with van der Waals surface area (Å²) in [6.07, 6.45) is 12.6. The fraction of sp³-hybridized carbons (Fsp3) is 1.00. The molecular formula is C18H33NO2. The normalized spacial score (nSPS) is 33.6. The van der Waals surface area contributed by atoms with Crippen molar-refractivity contribution in [2.24, 2.45) is 11.1 Å². The van der Waals surface area contributed by atoms with Crippen LogP contribution in [0.3, 0.4) is 0 Å². The highest BCUT2D eigenvalue weighted by atomic mass is 16.6. The molecular weight excluding hydrogens is 262 g/mol. The van der Waals surface area contributed by atoms with Crippen molar-refractivity contribution >= 4 is 0 Å². The Balaban J connectivity index is 1.50. The second kappa shape index (κ2) is 5.82. The molecule has 2 saturated carbocycles. The number of nitrogens with two attached hydrogens (primary N) is 1. The maximum absolute atomic E-state index is 6.37. The SMILES string of the molecule is CC1(C)CCC(CN)(OCC2CCC3(CCCC3)O2)CC1. The summed E-state index contributed by atoms with van der Waals surface area (Å²) in [5.74, 6) is 0. The van der Waals surface area contributed by atoms with E-state index in [9.17, 15) is 0 Å². The summed E-state index contributed by atoms with van der Waals surface area (Å²) < 4.78 is 12.7. The summed E-state index contributed by atoms with van der Waals surface area (Å²) in [5, 5.41) is 0. The second-order valence-electron chi connectivity index (χ2n) is 8.53. The second-order valence-corrected chi connectivity index (χ2v) is 8.53. The van der Waals surface area contributed by atoms with Crippen LogP contribution in [0.15, 0.2) is 0 Å². The van der Waals surface area contributed by atoms with E-state index in [1.54, 1.807) is 0 Å². The molecule has 0 aromatic heterocycles. The van der Waals surface area contributed by atoms with Gasteiger partial charge in [0, 0.05) is 6.54 Å². The predicted octanol–water partition coefficient (Wildman–Crippen LogP) is 3.79. The highest BCUT2D eigenvalue weighted by Gasteiger charge is 2.44. The zero-order valence-corrected chi connectivity index (χ0v) is 14.0. The third kappa shape index (κ3) is 3.46. The van der Waals surface area contributed by atoms with Gasteiger partial charge >= 0.3 is 0 Å². The molecule has 1 unspecified atom stereocenters. The molecule has 0 aromatic carbocycles. The van der Waals surface area contributed by atoms with Crippen LogP contribution >= 0.6 is 0 Å². The summed E-state index contributed by atoms with van der Waals surface area (Å²) >= 11 is 0. The smallest absolute Gasteiger partial charge is 0.0817 e. The molecule has 1 atom stereocenters. The average Bonchev–Trinajstić information content (AvgIpc) is 3.09. The molecule has 3 nitrogen and oxygen atoms in total. The first-order chi connectivity index (χ1) is 9.97. The molecule has 0 bridgehead atoms. The van der Waals surface area contributed by atoms with Crippen molar-refractivity contribution in [3.8, 4) is 0 Å². The molecule has 2 N–H and O–H groups in total. The van der Waals surface area contributed by atoms with Gasteiger partial charge in [-0.25, -0.2) is 0 Å². The molecule has 0 radical (unpaired) electrons. The minimum atomic E-state index is -0.0791. The van der Waals surface area contributed by atoms with Gasteiger partial charge in [0.1, 0.15) is 0 Å². The molecule has 2 aliphatic carbocycles. The Hall–Kier alpha value is -0.120. The first-order valence-electron chi connectivity index (χ1n) is 8.99. The topological polar surface area (TPSA) is 44.5 Å². The third-order valence-corrected chi connectivity index (χ3v) is 6.32. The van der Waals surface area contributed by atoms with Crippen LogP contribution in [-0.2, 0) is 9.47 Å². The van der Waals surface area contributed by atoms with Crippen LogP contribution in [0.2, 0.25) is 0 Å². The van der Waals surface area contributed by atoms with Crippen molar-refractivity contribution < 1.29 is 9.47 Å². The summed E-state index contributed by atoms with van der Waals surface area (Å²) in [6.45, 7) is 6.12. The lowest BCUT2D eigenvalue weighted by Gasteiger charge is -2.43. The highest BCUT2D eigenvalue weighted by molar-refractivity contribution is 4.95. The van der Waals surface area contributed by atoms with E-state index in [1.807, 2.05) is 0 Å². The van der Waals surface area contributed by atoms with Gasteiger partial charge in [-0.05, 0) is 56.8 Å². The molecule has 122 valence electrons. The number of rotatable bonds is 4. The van der Waals surface area contributed by atoms with Crippen molar-refractivity contribution in [1.82, 2.24) is 0 Å². The third-order valence-electron chi connectivity index (χ3n) is 6.32. The molecule has 1 spiro atoms. The number of hydrogen-bond acceptors (Lipinski definition) is 3. The monoisotopic (exact) mass is 295 g/mol. The minimum Gasteiger partial charge on any atom is -0.371 e. The van der Waals surface area contributed by atoms with Gasteiger partial charge in [-0.15, -0.1) is 0 Å². The van der Waals surface area contributed by atoms with Gasteiger partial charge in [-0.2, -0.15) is 0 Å². The van der Waals surface area contributed by atoms with Gasteiger partial charge in [0.05, 0.1) is 23.9 Å². The standard InChI is InChI=1S/C18H33NO2/c1-16(2)9-11-18(14-19,12-10-16)20-13-15-5-8-17(21-15)6-3-4-7-17/h15H,3-14,19H2,1-2H3. The van der Waals surface area contributed by atoms with E-state index in [-0.39, 0.29) is 11.2 Å². The van der Waals surface area contributed by atoms with Crippen LogP contribution < -0.4 is 5.73 Å². The van der Waals surface area contributed by atoms with Crippen molar-refractivity contribution in [3.63, 3.8) is 0 Å². The molecule has 21 heavy (non-hydrogen) atoms. The molecule has 3 aliphatic rings. The van der Waals surface area contributed by atoms with E-state index in [4.69, 9.17) is 15.2 Å². The van der Waals surface area contributed by atoms with E-state index in [0.29, 0.717) is 18.1 Å². The van der Waals surface area contributed by atoms with Crippen LogP contribution in [-0.4, -0.2) is 30.5 Å². The summed E-state index contributed by atoms with van der Waals surface area (Å²) in [6, 6.07) is 0. The van der Waals surface area contributed by atoms with Gasteiger partial charge in [0.25, 0.3) is 0 Å². The van der Waals surface area contributed by atoms with Crippen LogP contribution in [0, 0.1) is 5.41 Å². The molecule has 1 saturated heterocycles. The quantitative estimate of drug-likeness (QED) is 0.858. The van der Waals surface area contributed by atoms with Crippen LogP contribution in [0.25, 0.3) is 0 Å². The molecule has 0 aromatic rings. The summed E-state index contributed by atoms with van der Waals surface area (Å²) in [5.41, 5.74) is 6.66. The average molecular weight is 295 g/mol. The Morgan fingerprint density at radius 2 is 1.67 bits per heavy atom. The molecule has 0 amide bonds. The first kappa shape index (κ1) is 15.8. The zero-order valence-electron chi connectivity index (χ0n) is 14.0. The Bertz CT molecular complexity index is 350. The summed E-state index contributed by atoms with van der Waals surface area (Å²) in [7, 11) is 0. The summed E-state index contributed by atoms with van der Waals surface area (Å²) in [4.78, 5) is 0. The van der Waals surface area contributed by atoms with E-state index >= 15 is 0 Å². The first-order valence-corrected chi connectivity index (χ1v) is 8.99. The van der Waals surface area contributed by atoms with Gasteiger partial charge in [0.15, 0.2) is 0 Å². The van der Waals surface area contributed by atoms with Crippen molar-refractivity contribution in [2.45, 2.75) is 95.4 Å². The van der Waals surface area contributed by atoms with Crippen molar-refractivity contribution in [3.05, 3.63) is 0 Å². The van der Waals surface area contributed by atoms with E-state index in [2.05, 4.69) is 13.8 Å². The Morgan fingerprint density at radius 3 is 2.29 bits per heavy atom. The molecule has 1 aliphatic heterocycles. The lowest BCUT2D eigenvalue weighted by atomic mass is 9.71. The predicted molar refractivity (Wildman–Crippen MR) is 85.3 cm³/mol. The number of hydrogen-bond donors (Lipinski definition) is 1. The molecule has 3 fully saturated rings. The van der Waals surface area contributed by atoms with Gasteiger partial charge in [0.2, 0.25) is 0 Å². The van der Waals surface area contributed by atoms with Crippen LogP contribution in [0.5, 0.6) is 0 Å². The maximum atomic E-state index is 6.37. The number of ether oxygens (including phenoxy) is 2. The van der Waals surface area contributed by atoms with Gasteiger partial charge in [-0.3, -0.25) is 0 Å². The van der Waals surface area contributed by atoms with Gasteiger partial charge < -0.3 is 15.2 Å². The lowest BCUT2D eigenvalue weighted by Crippen LogP contribution is -2.47. The lowest BCUT2D eigenvalue weighted by molar-refractivity contribution is -0.130. The minimum absolute atomic E-state index is 0.0791. The molecule has 3 rings (SSSR count). The zero-order chi connectivity index (χ0) is 15.0. The Kier molecular flexibility index (Phi) is 4.37. The Morgan fingerprint density at radius 1 is 1.00 bits per heavy atom. The van der Waals surface area contributed by atoms with E-state index < -0.39 is 0 Å². The fourth-order valence-electron chi connectivity index (χ4n) is 4.46. The maximum Gasteiger partial charge on any atom is 0.0817 e. The Labute approximate surface area is 129 Å². The van der Waals surface area contributed by atoms with Crippen molar-refractivity contribution in [1.29, 1.82) is 0 Å². The molecule has 1 heterocycles. The highest BCUT2D eigenvalue weighted by Crippen LogP contribution is 2.45. The molecule has 3 heteroatoms. The van der Waals surface area contributed by atoms with E-state index in [1.165, 1.54) is 51.4 Å². The van der Waals surface area contributed by atoms with Gasteiger partial charge in [-0.1, -0.05) is 26.7 Å².